The fourth-order valence-corrected chi connectivity index (χ4v) is 6.07. The maximum Gasteiger partial charge on any atom is 0.312 e. The van der Waals surface area contributed by atoms with E-state index in [-0.39, 0.29) is 50.0 Å². The minimum absolute atomic E-state index is 0.172. The molecule has 0 aromatic heterocycles. The zero-order chi connectivity index (χ0) is 35.0. The van der Waals surface area contributed by atoms with Crippen LogP contribution in [0.25, 0.3) is 0 Å². The highest BCUT2D eigenvalue weighted by Crippen LogP contribution is 2.39. The van der Waals surface area contributed by atoms with Gasteiger partial charge in [-0.3, -0.25) is 28.9 Å². The molecule has 1 saturated heterocycles. The molecule has 1 heterocycles. The highest BCUT2D eigenvalue weighted by Gasteiger charge is 2.47. The number of aryl methyl sites for hydroxylation is 1. The van der Waals surface area contributed by atoms with E-state index in [4.69, 9.17) is 5.73 Å². The lowest BCUT2D eigenvalue weighted by molar-refractivity contribution is -0.161. The summed E-state index contributed by atoms with van der Waals surface area (Å²) in [6, 6.07) is 4.77. The number of carbonyl (C=O) groups is 6. The molecule has 2 atom stereocenters. The smallest absolute Gasteiger partial charge is 0.312 e. The maximum absolute atomic E-state index is 13.7. The number of carbonyl (C=O) groups excluding carboxylic acids is 6. The second-order valence-electron chi connectivity index (χ2n) is 14.7. The van der Waals surface area contributed by atoms with Crippen LogP contribution in [0.1, 0.15) is 100.0 Å². The van der Waals surface area contributed by atoms with Crippen molar-refractivity contribution in [1.82, 2.24) is 20.9 Å². The molecule has 1 aromatic rings. The third-order valence-electron chi connectivity index (χ3n) is 8.32. The number of anilines is 1. The summed E-state index contributed by atoms with van der Waals surface area (Å²) in [5, 5.41) is 11.0. The Morgan fingerprint density at radius 2 is 1.50 bits per heavy atom. The zero-order valence-electron chi connectivity index (χ0n) is 29.0. The molecule has 2 rings (SSSR count). The van der Waals surface area contributed by atoms with Crippen molar-refractivity contribution < 1.29 is 28.8 Å². The molecule has 1 aliphatic rings. The van der Waals surface area contributed by atoms with E-state index >= 15 is 0 Å². The molecule has 0 bridgehead atoms. The quantitative estimate of drug-likeness (QED) is 0.144. The summed E-state index contributed by atoms with van der Waals surface area (Å²) in [4.78, 5) is 79.0. The third-order valence-corrected chi connectivity index (χ3v) is 8.32. The number of benzene rings is 1. The number of hydrogen-bond acceptors (Lipinski definition) is 6. The van der Waals surface area contributed by atoms with Gasteiger partial charge in [-0.05, 0) is 68.6 Å². The molecule has 1 fully saturated rings. The Balaban J connectivity index is 2.19. The lowest BCUT2D eigenvalue weighted by Crippen LogP contribution is -2.60. The van der Waals surface area contributed by atoms with Crippen molar-refractivity contribution in [3.05, 3.63) is 29.8 Å². The first-order valence-corrected chi connectivity index (χ1v) is 16.1. The molecule has 7 amide bonds. The lowest BCUT2D eigenvalue weighted by atomic mass is 9.75. The predicted octanol–water partition coefficient (Wildman–Crippen LogP) is 3.63. The van der Waals surface area contributed by atoms with E-state index in [0.717, 1.165) is 12.0 Å². The van der Waals surface area contributed by atoms with Crippen LogP contribution in [0.2, 0.25) is 0 Å². The summed E-state index contributed by atoms with van der Waals surface area (Å²) < 4.78 is 0. The SMILES string of the molecule is CCc1ccc(NC(=O)[C@H](CCCNC(N)=O)NC(=O)[C@@H](NC(=O)C(C)(C)CC(C)(C)N2C(=O)CC(C)(C)CC2=O)C(C)C)cc1. The van der Waals surface area contributed by atoms with E-state index in [2.05, 4.69) is 21.3 Å². The van der Waals surface area contributed by atoms with Gasteiger partial charge in [0.2, 0.25) is 29.5 Å². The highest BCUT2D eigenvalue weighted by atomic mass is 16.2. The van der Waals surface area contributed by atoms with E-state index in [0.29, 0.717) is 12.1 Å². The van der Waals surface area contributed by atoms with Crippen LogP contribution in [-0.2, 0) is 30.4 Å². The van der Waals surface area contributed by atoms with Crippen LogP contribution in [0.3, 0.4) is 0 Å². The fraction of sp³-hybridized carbons (Fsp3) is 0.647. The normalized spacial score (nSPS) is 16.4. The first-order valence-electron chi connectivity index (χ1n) is 16.1. The summed E-state index contributed by atoms with van der Waals surface area (Å²) in [5.74, 6) is -2.26. The molecule has 1 aromatic carbocycles. The molecule has 0 aliphatic carbocycles. The number of likely N-dealkylation sites (tertiary alicyclic amines) is 1. The molecule has 1 aliphatic heterocycles. The van der Waals surface area contributed by atoms with Gasteiger partial charge >= 0.3 is 6.03 Å². The molecule has 0 radical (unpaired) electrons. The van der Waals surface area contributed by atoms with Gasteiger partial charge in [0.15, 0.2) is 0 Å². The Bertz CT molecular complexity index is 1270. The van der Waals surface area contributed by atoms with E-state index in [9.17, 15) is 28.8 Å². The molecule has 6 N–H and O–H groups in total. The summed E-state index contributed by atoms with van der Waals surface area (Å²) in [6.07, 6.45) is 2.07. The largest absolute Gasteiger partial charge is 0.352 e. The minimum atomic E-state index is -1.06. The first kappa shape index (κ1) is 38.2. The van der Waals surface area contributed by atoms with Crippen LogP contribution in [0, 0.1) is 16.7 Å². The van der Waals surface area contributed by atoms with Gasteiger partial charge in [0.1, 0.15) is 12.1 Å². The average Bonchev–Trinajstić information content (AvgIpc) is 2.91. The molecule has 0 saturated carbocycles. The van der Waals surface area contributed by atoms with Gasteiger partial charge in [-0.25, -0.2) is 4.79 Å². The van der Waals surface area contributed by atoms with Crippen LogP contribution in [-0.4, -0.2) is 64.6 Å². The number of amides is 7. The summed E-state index contributed by atoms with van der Waals surface area (Å²) in [7, 11) is 0. The molecule has 12 nitrogen and oxygen atoms in total. The lowest BCUT2D eigenvalue weighted by Gasteiger charge is -2.46. The van der Waals surface area contributed by atoms with Crippen molar-refractivity contribution in [2.45, 2.75) is 118 Å². The molecular weight excluding hydrogens is 588 g/mol. The van der Waals surface area contributed by atoms with Gasteiger partial charge in [-0.15, -0.1) is 0 Å². The van der Waals surface area contributed by atoms with E-state index in [1.54, 1.807) is 53.7 Å². The fourth-order valence-electron chi connectivity index (χ4n) is 6.07. The van der Waals surface area contributed by atoms with Gasteiger partial charge in [0, 0.05) is 36.0 Å². The molecule has 12 heteroatoms. The van der Waals surface area contributed by atoms with E-state index in [1.807, 2.05) is 32.9 Å². The van der Waals surface area contributed by atoms with Gasteiger partial charge in [-0.1, -0.05) is 60.6 Å². The number of hydrogen-bond donors (Lipinski definition) is 5. The van der Waals surface area contributed by atoms with Crippen LogP contribution in [0.5, 0.6) is 0 Å². The first-order chi connectivity index (χ1) is 21.2. The van der Waals surface area contributed by atoms with E-state index < -0.39 is 52.2 Å². The van der Waals surface area contributed by atoms with Gasteiger partial charge in [0.25, 0.3) is 0 Å². The van der Waals surface area contributed by atoms with Crippen LogP contribution in [0.4, 0.5) is 10.5 Å². The molecule has 256 valence electrons. The number of rotatable bonds is 15. The van der Waals surface area contributed by atoms with Crippen molar-refractivity contribution >= 4 is 41.3 Å². The molecule has 46 heavy (non-hydrogen) atoms. The second kappa shape index (κ2) is 15.6. The Labute approximate surface area is 273 Å². The summed E-state index contributed by atoms with van der Waals surface area (Å²) in [6.45, 7) is 16.6. The average molecular weight is 643 g/mol. The van der Waals surface area contributed by atoms with Crippen LogP contribution >= 0.6 is 0 Å². The number of imide groups is 1. The van der Waals surface area contributed by atoms with Crippen LogP contribution < -0.4 is 27.0 Å². The standard InChI is InChI=1S/C34H54N6O6/c1-10-22-13-15-23(16-14-22)37-28(43)24(12-11-17-36-31(35)46)38-29(44)27(21(2)3)39-30(45)33(6,7)20-34(8,9)40-25(41)18-32(4,5)19-26(40)42/h13-16,21,24,27H,10-12,17-20H2,1-9H3,(H,37,43)(H,38,44)(H,39,45)(H3,35,36,46)/t24-,27-/m0/s1. The third kappa shape index (κ3) is 10.8. The molecular formula is C34H54N6O6. The topological polar surface area (TPSA) is 180 Å². The maximum atomic E-state index is 13.7. The number of piperidine rings is 1. The Morgan fingerprint density at radius 1 is 0.935 bits per heavy atom. The van der Waals surface area contributed by atoms with Crippen molar-refractivity contribution in [1.29, 1.82) is 0 Å². The molecule has 0 unspecified atom stereocenters. The highest BCUT2D eigenvalue weighted by molar-refractivity contribution is 6.00. The van der Waals surface area contributed by atoms with E-state index in [1.165, 1.54) is 4.90 Å². The van der Waals surface area contributed by atoms with Crippen molar-refractivity contribution in [2.24, 2.45) is 22.5 Å². The summed E-state index contributed by atoms with van der Waals surface area (Å²) >= 11 is 0. The second-order valence-corrected chi connectivity index (χ2v) is 14.7. The Hall–Kier alpha value is -3.96. The number of nitrogens with one attached hydrogen (secondary N) is 4. The van der Waals surface area contributed by atoms with Crippen molar-refractivity contribution in [3.8, 4) is 0 Å². The monoisotopic (exact) mass is 642 g/mol. The van der Waals surface area contributed by atoms with Gasteiger partial charge in [0.05, 0.1) is 0 Å². The number of nitrogens with two attached hydrogens (primary N) is 1. The minimum Gasteiger partial charge on any atom is -0.352 e. The number of nitrogens with zero attached hydrogens (tertiary/aromatic N) is 1. The Kier molecular flexibility index (Phi) is 12.9. The van der Waals surface area contributed by atoms with Gasteiger partial charge in [-0.2, -0.15) is 0 Å². The number of urea groups is 1. The Morgan fingerprint density at radius 3 is 2.00 bits per heavy atom. The van der Waals surface area contributed by atoms with Crippen molar-refractivity contribution in [3.63, 3.8) is 0 Å². The van der Waals surface area contributed by atoms with Crippen LogP contribution in [0.15, 0.2) is 24.3 Å². The van der Waals surface area contributed by atoms with Crippen molar-refractivity contribution in [2.75, 3.05) is 11.9 Å². The molecule has 0 spiro atoms. The predicted molar refractivity (Wildman–Crippen MR) is 177 cm³/mol. The zero-order valence-corrected chi connectivity index (χ0v) is 29.0. The van der Waals surface area contributed by atoms with Gasteiger partial charge < -0.3 is 27.0 Å². The summed E-state index contributed by atoms with van der Waals surface area (Å²) in [5.41, 5.74) is 4.42. The number of primary amides is 1.